The van der Waals surface area contributed by atoms with Gasteiger partial charge in [0.15, 0.2) is 11.5 Å². The molecule has 1 aromatic carbocycles. The molecule has 0 saturated carbocycles. The summed E-state index contributed by atoms with van der Waals surface area (Å²) in [5.74, 6) is 1.59. The van der Waals surface area contributed by atoms with Crippen molar-refractivity contribution in [1.29, 1.82) is 0 Å². The minimum Gasteiger partial charge on any atom is -0.486 e. The van der Waals surface area contributed by atoms with Crippen molar-refractivity contribution in [3.8, 4) is 11.5 Å². The summed E-state index contributed by atoms with van der Waals surface area (Å²) in [6.07, 6.45) is 0.375. The van der Waals surface area contributed by atoms with E-state index < -0.39 is 0 Å². The van der Waals surface area contributed by atoms with Crippen LogP contribution in [0.2, 0.25) is 0 Å². The third-order valence-corrected chi connectivity index (χ3v) is 3.19. The molecule has 5 nitrogen and oxygen atoms in total. The van der Waals surface area contributed by atoms with Gasteiger partial charge in [0.1, 0.15) is 13.2 Å². The highest BCUT2D eigenvalue weighted by Gasteiger charge is 2.16. The van der Waals surface area contributed by atoms with Crippen LogP contribution in [0.25, 0.3) is 0 Å². The zero-order chi connectivity index (χ0) is 13.8. The quantitative estimate of drug-likeness (QED) is 0.883. The van der Waals surface area contributed by atoms with E-state index in [0.717, 1.165) is 22.6 Å². The van der Waals surface area contributed by atoms with Gasteiger partial charge in [-0.25, -0.2) is 0 Å². The van der Waals surface area contributed by atoms with Gasteiger partial charge in [0.25, 0.3) is 0 Å². The van der Waals surface area contributed by atoms with E-state index in [1.54, 1.807) is 11.9 Å². The molecule has 0 unspecified atom stereocenters. The highest BCUT2D eigenvalue weighted by atomic mass is 16.6. The normalized spacial score (nSPS) is 13.2. The molecule has 104 valence electrons. The van der Waals surface area contributed by atoms with Gasteiger partial charge in [-0.2, -0.15) is 0 Å². The molecule has 0 fully saturated rings. The Morgan fingerprint density at radius 1 is 1.32 bits per heavy atom. The molecule has 1 amide bonds. The van der Waals surface area contributed by atoms with Crippen molar-refractivity contribution in [3.63, 3.8) is 0 Å². The molecule has 2 N–H and O–H groups in total. The van der Waals surface area contributed by atoms with Crippen molar-refractivity contribution in [2.75, 3.05) is 26.8 Å². The van der Waals surface area contributed by atoms with Gasteiger partial charge in [-0.1, -0.05) is 0 Å². The van der Waals surface area contributed by atoms with Crippen molar-refractivity contribution < 1.29 is 14.3 Å². The molecule has 0 aliphatic carbocycles. The molecule has 1 heterocycles. The van der Waals surface area contributed by atoms with Crippen LogP contribution in [0.5, 0.6) is 11.5 Å². The van der Waals surface area contributed by atoms with Crippen LogP contribution in [0.1, 0.15) is 17.5 Å². The van der Waals surface area contributed by atoms with E-state index >= 15 is 0 Å². The van der Waals surface area contributed by atoms with Crippen molar-refractivity contribution >= 4 is 5.91 Å². The summed E-state index contributed by atoms with van der Waals surface area (Å²) >= 11 is 0. The van der Waals surface area contributed by atoms with Crippen LogP contribution in [0.15, 0.2) is 12.1 Å². The molecule has 5 heteroatoms. The van der Waals surface area contributed by atoms with E-state index in [9.17, 15) is 4.79 Å². The molecular formula is C14H20N2O3. The van der Waals surface area contributed by atoms with Crippen LogP contribution in [0.4, 0.5) is 0 Å². The Morgan fingerprint density at radius 3 is 2.58 bits per heavy atom. The fraction of sp³-hybridized carbons (Fsp3) is 0.500. The molecule has 1 aliphatic heterocycles. The summed E-state index contributed by atoms with van der Waals surface area (Å²) in [5, 5.41) is 0. The van der Waals surface area contributed by atoms with Crippen LogP contribution in [-0.2, 0) is 11.3 Å². The molecule has 0 spiro atoms. The van der Waals surface area contributed by atoms with Crippen LogP contribution < -0.4 is 15.2 Å². The largest absolute Gasteiger partial charge is 0.486 e. The number of benzene rings is 1. The molecular weight excluding hydrogens is 244 g/mol. The molecule has 0 bridgehead atoms. The molecule has 1 aromatic rings. The second-order valence-corrected chi connectivity index (χ2v) is 4.71. The van der Waals surface area contributed by atoms with Gasteiger partial charge in [-0.15, -0.1) is 0 Å². The van der Waals surface area contributed by atoms with E-state index in [4.69, 9.17) is 15.2 Å². The van der Waals surface area contributed by atoms with Gasteiger partial charge in [0, 0.05) is 26.6 Å². The van der Waals surface area contributed by atoms with Crippen molar-refractivity contribution in [2.45, 2.75) is 19.9 Å². The number of carbonyl (C=O) groups excluding carboxylic acids is 1. The summed E-state index contributed by atoms with van der Waals surface area (Å²) in [4.78, 5) is 13.4. The number of nitrogens with two attached hydrogens (primary N) is 1. The lowest BCUT2D eigenvalue weighted by Crippen LogP contribution is -2.28. The van der Waals surface area contributed by atoms with Crippen LogP contribution in [-0.4, -0.2) is 37.6 Å². The number of fused-ring (bicyclic) bond motifs is 1. The Kier molecular flexibility index (Phi) is 4.27. The number of nitrogens with zero attached hydrogens (tertiary/aromatic N) is 1. The minimum absolute atomic E-state index is 0.0526. The number of hydrogen-bond acceptors (Lipinski definition) is 4. The molecule has 2 rings (SSSR count). The number of rotatable bonds is 4. The molecule has 0 saturated heterocycles. The first-order valence-corrected chi connectivity index (χ1v) is 6.45. The Bertz CT molecular complexity index is 474. The van der Waals surface area contributed by atoms with E-state index in [2.05, 4.69) is 0 Å². The van der Waals surface area contributed by atoms with Gasteiger partial charge in [0.2, 0.25) is 5.91 Å². The molecule has 0 radical (unpaired) electrons. The maximum absolute atomic E-state index is 11.7. The Balaban J connectivity index is 2.14. The zero-order valence-electron chi connectivity index (χ0n) is 11.4. The van der Waals surface area contributed by atoms with E-state index in [0.29, 0.717) is 32.7 Å². The van der Waals surface area contributed by atoms with Crippen LogP contribution in [0, 0.1) is 6.92 Å². The summed E-state index contributed by atoms with van der Waals surface area (Å²) in [6.45, 7) is 4.09. The van der Waals surface area contributed by atoms with E-state index in [1.165, 1.54) is 0 Å². The number of carbonyl (C=O) groups is 1. The molecule has 19 heavy (non-hydrogen) atoms. The second kappa shape index (κ2) is 5.93. The predicted molar refractivity (Wildman–Crippen MR) is 72.3 cm³/mol. The first-order valence-electron chi connectivity index (χ1n) is 6.45. The lowest BCUT2D eigenvalue weighted by Gasteiger charge is -2.22. The van der Waals surface area contributed by atoms with Crippen molar-refractivity contribution in [1.82, 2.24) is 4.90 Å². The summed E-state index contributed by atoms with van der Waals surface area (Å²) in [7, 11) is 1.79. The fourth-order valence-electron chi connectivity index (χ4n) is 2.06. The predicted octanol–water partition coefficient (Wildman–Crippen LogP) is 1.07. The number of amides is 1. The van der Waals surface area contributed by atoms with Crippen molar-refractivity contribution in [3.05, 3.63) is 23.3 Å². The topological polar surface area (TPSA) is 64.8 Å². The lowest BCUT2D eigenvalue weighted by molar-refractivity contribution is -0.130. The van der Waals surface area contributed by atoms with Crippen LogP contribution in [0.3, 0.4) is 0 Å². The monoisotopic (exact) mass is 264 g/mol. The highest BCUT2D eigenvalue weighted by molar-refractivity contribution is 5.76. The smallest absolute Gasteiger partial charge is 0.223 e. The van der Waals surface area contributed by atoms with Gasteiger partial charge in [-0.3, -0.25) is 4.79 Å². The summed E-state index contributed by atoms with van der Waals surface area (Å²) in [5.41, 5.74) is 7.56. The zero-order valence-corrected chi connectivity index (χ0v) is 11.4. The van der Waals surface area contributed by atoms with Gasteiger partial charge < -0.3 is 20.1 Å². The average Bonchev–Trinajstić information content (AvgIpc) is 2.39. The van der Waals surface area contributed by atoms with Crippen molar-refractivity contribution in [2.24, 2.45) is 5.73 Å². The Hall–Kier alpha value is -1.75. The summed E-state index contributed by atoms with van der Waals surface area (Å²) < 4.78 is 11.1. The van der Waals surface area contributed by atoms with Gasteiger partial charge in [0.05, 0.1) is 0 Å². The fourth-order valence-corrected chi connectivity index (χ4v) is 2.06. The Labute approximate surface area is 113 Å². The van der Waals surface area contributed by atoms with Gasteiger partial charge in [-0.05, 0) is 30.2 Å². The van der Waals surface area contributed by atoms with Gasteiger partial charge >= 0.3 is 0 Å². The standard InChI is InChI=1S/C14H20N2O3/c1-10-7-12-13(19-6-5-18-12)8-11(10)9-16(2)14(17)3-4-15/h7-8H,3-6,9,15H2,1-2H3. The maximum atomic E-state index is 11.7. The number of aryl methyl sites for hydroxylation is 1. The Morgan fingerprint density at radius 2 is 1.95 bits per heavy atom. The SMILES string of the molecule is Cc1cc2c(cc1CN(C)C(=O)CCN)OCCO2. The molecule has 1 aliphatic rings. The number of ether oxygens (including phenoxy) is 2. The third kappa shape index (κ3) is 3.17. The molecule has 0 aromatic heterocycles. The minimum atomic E-state index is 0.0526. The number of hydrogen-bond donors (Lipinski definition) is 1. The van der Waals surface area contributed by atoms with E-state index in [1.807, 2.05) is 19.1 Å². The lowest BCUT2D eigenvalue weighted by atomic mass is 10.1. The van der Waals surface area contributed by atoms with E-state index in [-0.39, 0.29) is 5.91 Å². The van der Waals surface area contributed by atoms with Crippen LogP contribution >= 0.6 is 0 Å². The first-order chi connectivity index (χ1) is 9.11. The second-order valence-electron chi connectivity index (χ2n) is 4.71. The summed E-state index contributed by atoms with van der Waals surface area (Å²) in [6, 6.07) is 3.92. The first kappa shape index (κ1) is 13.7. The average molecular weight is 264 g/mol. The third-order valence-electron chi connectivity index (χ3n) is 3.19. The maximum Gasteiger partial charge on any atom is 0.223 e. The highest BCUT2D eigenvalue weighted by Crippen LogP contribution is 2.33. The molecule has 0 atom stereocenters.